The summed E-state index contributed by atoms with van der Waals surface area (Å²) in [6, 6.07) is 3.85. The highest BCUT2D eigenvalue weighted by molar-refractivity contribution is 7.98. The molecule has 7 nitrogen and oxygen atoms in total. The van der Waals surface area contributed by atoms with Gasteiger partial charge in [0.15, 0.2) is 23.3 Å². The summed E-state index contributed by atoms with van der Waals surface area (Å²) in [5.74, 6) is 1.50. The minimum Gasteiger partial charge on any atom is -0.491 e. The van der Waals surface area contributed by atoms with E-state index in [1.165, 1.54) is 24.6 Å². The van der Waals surface area contributed by atoms with Crippen LogP contribution >= 0.6 is 11.8 Å². The number of pyridine rings is 1. The number of carbonyl (C=O) groups is 1. The highest BCUT2D eigenvalue weighted by atomic mass is 32.2. The molecule has 0 saturated heterocycles. The van der Waals surface area contributed by atoms with Crippen LogP contribution in [-0.4, -0.2) is 40.6 Å². The molecule has 0 unspecified atom stereocenters. The van der Waals surface area contributed by atoms with Crippen LogP contribution in [0.3, 0.4) is 0 Å². The van der Waals surface area contributed by atoms with Crippen molar-refractivity contribution in [3.05, 3.63) is 36.4 Å². The van der Waals surface area contributed by atoms with E-state index in [1.807, 2.05) is 0 Å². The van der Waals surface area contributed by atoms with Crippen LogP contribution in [0, 0.1) is 0 Å². The average Bonchev–Trinajstić information content (AvgIpc) is 3.18. The predicted octanol–water partition coefficient (Wildman–Crippen LogP) is 2.61. The Kier molecular flexibility index (Phi) is 6.65. The molecule has 2 aromatic rings. The van der Waals surface area contributed by atoms with Crippen LogP contribution in [0.5, 0.6) is 11.5 Å². The molecular formula is C18H22N4O3S. The summed E-state index contributed by atoms with van der Waals surface area (Å²) in [4.78, 5) is 24.8. The fraction of sp³-hybridized carbons (Fsp3) is 0.444. The number of amides is 1. The van der Waals surface area contributed by atoms with E-state index in [1.54, 1.807) is 37.8 Å². The summed E-state index contributed by atoms with van der Waals surface area (Å²) in [6.45, 7) is -0.0365. The summed E-state index contributed by atoms with van der Waals surface area (Å²) in [5.41, 5.74) is 0.800. The topological polar surface area (TPSA) is 86.2 Å². The Balaban J connectivity index is 1.57. The monoisotopic (exact) mass is 374 g/mol. The lowest BCUT2D eigenvalue weighted by atomic mass is 10.2. The summed E-state index contributed by atoms with van der Waals surface area (Å²) < 4.78 is 11.0. The minimum absolute atomic E-state index is 0.0365. The second-order valence-electron chi connectivity index (χ2n) is 5.98. The Morgan fingerprint density at radius 2 is 2.00 bits per heavy atom. The number of nitrogens with one attached hydrogen (secondary N) is 1. The van der Waals surface area contributed by atoms with Crippen molar-refractivity contribution in [3.8, 4) is 11.5 Å². The van der Waals surface area contributed by atoms with Crippen LogP contribution in [0.25, 0.3) is 0 Å². The van der Waals surface area contributed by atoms with Gasteiger partial charge in [0.05, 0.1) is 19.0 Å². The van der Waals surface area contributed by atoms with Gasteiger partial charge in [-0.3, -0.25) is 9.78 Å². The number of hydrogen-bond donors (Lipinski definition) is 1. The average molecular weight is 374 g/mol. The SMILES string of the molecule is COc1cnc(CSc2ncccn2)cc1OCC(=O)NC1CCCC1. The van der Waals surface area contributed by atoms with Gasteiger partial charge < -0.3 is 14.8 Å². The zero-order chi connectivity index (χ0) is 18.2. The van der Waals surface area contributed by atoms with Gasteiger partial charge >= 0.3 is 0 Å². The van der Waals surface area contributed by atoms with Gasteiger partial charge in [-0.25, -0.2) is 9.97 Å². The van der Waals surface area contributed by atoms with Crippen LogP contribution < -0.4 is 14.8 Å². The molecule has 3 rings (SSSR count). The predicted molar refractivity (Wildman–Crippen MR) is 98.3 cm³/mol. The van der Waals surface area contributed by atoms with Gasteiger partial charge in [-0.15, -0.1) is 0 Å². The Morgan fingerprint density at radius 3 is 2.73 bits per heavy atom. The molecular weight excluding hydrogens is 352 g/mol. The molecule has 2 aromatic heterocycles. The number of methoxy groups -OCH3 is 1. The summed E-state index contributed by atoms with van der Waals surface area (Å²) in [5, 5.41) is 3.69. The lowest BCUT2D eigenvalue weighted by Crippen LogP contribution is -2.36. The number of ether oxygens (including phenoxy) is 2. The van der Waals surface area contributed by atoms with Gasteiger partial charge in [0.25, 0.3) is 5.91 Å². The third-order valence-electron chi connectivity index (χ3n) is 4.08. The zero-order valence-electron chi connectivity index (χ0n) is 14.7. The smallest absolute Gasteiger partial charge is 0.258 e. The number of hydrogen-bond acceptors (Lipinski definition) is 7. The maximum Gasteiger partial charge on any atom is 0.258 e. The molecule has 1 aliphatic carbocycles. The molecule has 2 heterocycles. The standard InChI is InChI=1S/C18H22N4O3S/c1-24-16-10-21-14(12-26-18-19-7-4-8-20-18)9-15(16)25-11-17(23)22-13-5-2-3-6-13/h4,7-10,13H,2-3,5-6,11-12H2,1H3,(H,22,23). The van der Waals surface area contributed by atoms with Crippen molar-refractivity contribution in [2.75, 3.05) is 13.7 Å². The first-order valence-corrected chi connectivity index (χ1v) is 9.58. The van der Waals surface area contributed by atoms with E-state index < -0.39 is 0 Å². The van der Waals surface area contributed by atoms with Crippen molar-refractivity contribution >= 4 is 17.7 Å². The Labute approximate surface area is 156 Å². The highest BCUT2D eigenvalue weighted by Gasteiger charge is 2.18. The van der Waals surface area contributed by atoms with Crippen LogP contribution in [0.15, 0.2) is 35.9 Å². The second kappa shape index (κ2) is 9.38. The molecule has 0 atom stereocenters. The molecule has 26 heavy (non-hydrogen) atoms. The minimum atomic E-state index is -0.107. The molecule has 1 amide bonds. The molecule has 1 saturated carbocycles. The van der Waals surface area contributed by atoms with Crippen molar-refractivity contribution < 1.29 is 14.3 Å². The Bertz CT molecular complexity index is 724. The van der Waals surface area contributed by atoms with Crippen molar-refractivity contribution in [2.45, 2.75) is 42.6 Å². The van der Waals surface area contributed by atoms with Gasteiger partial charge in [0, 0.05) is 30.3 Å². The maximum absolute atomic E-state index is 12.1. The largest absolute Gasteiger partial charge is 0.491 e. The molecule has 0 radical (unpaired) electrons. The molecule has 0 aromatic carbocycles. The fourth-order valence-electron chi connectivity index (χ4n) is 2.79. The number of rotatable bonds is 8. The third kappa shape index (κ3) is 5.32. The van der Waals surface area contributed by atoms with Crippen LogP contribution in [0.4, 0.5) is 0 Å². The van der Waals surface area contributed by atoms with Crippen LogP contribution in [0.1, 0.15) is 31.4 Å². The van der Waals surface area contributed by atoms with E-state index in [0.717, 1.165) is 18.5 Å². The number of carbonyl (C=O) groups excluding carboxylic acids is 1. The van der Waals surface area contributed by atoms with Gasteiger partial charge in [0.1, 0.15) is 0 Å². The van der Waals surface area contributed by atoms with Gasteiger partial charge in [-0.1, -0.05) is 24.6 Å². The summed E-state index contributed by atoms with van der Waals surface area (Å²) >= 11 is 1.48. The molecule has 1 N–H and O–H groups in total. The molecule has 1 fully saturated rings. The summed E-state index contributed by atoms with van der Waals surface area (Å²) in [7, 11) is 1.55. The van der Waals surface area contributed by atoms with E-state index >= 15 is 0 Å². The van der Waals surface area contributed by atoms with Crippen molar-refractivity contribution in [3.63, 3.8) is 0 Å². The van der Waals surface area contributed by atoms with Gasteiger partial charge in [-0.2, -0.15) is 0 Å². The lowest BCUT2D eigenvalue weighted by molar-refractivity contribution is -0.123. The number of aromatic nitrogens is 3. The maximum atomic E-state index is 12.1. The molecule has 0 aliphatic heterocycles. The highest BCUT2D eigenvalue weighted by Crippen LogP contribution is 2.28. The quantitative estimate of drug-likeness (QED) is 0.561. The first kappa shape index (κ1) is 18.4. The van der Waals surface area contributed by atoms with Crippen molar-refractivity contribution in [2.24, 2.45) is 0 Å². The Morgan fingerprint density at radius 1 is 1.23 bits per heavy atom. The van der Waals surface area contributed by atoms with E-state index in [9.17, 15) is 4.79 Å². The first-order chi connectivity index (χ1) is 12.7. The normalized spacial score (nSPS) is 14.2. The van der Waals surface area contributed by atoms with E-state index in [0.29, 0.717) is 22.4 Å². The lowest BCUT2D eigenvalue weighted by Gasteiger charge is -2.14. The molecule has 138 valence electrons. The van der Waals surface area contributed by atoms with E-state index in [2.05, 4.69) is 20.3 Å². The fourth-order valence-corrected chi connectivity index (χ4v) is 3.50. The number of thioether (sulfide) groups is 1. The van der Waals surface area contributed by atoms with E-state index in [4.69, 9.17) is 9.47 Å². The molecule has 8 heteroatoms. The van der Waals surface area contributed by atoms with Crippen molar-refractivity contribution in [1.82, 2.24) is 20.3 Å². The van der Waals surface area contributed by atoms with Crippen LogP contribution in [0.2, 0.25) is 0 Å². The Hall–Kier alpha value is -2.35. The molecule has 1 aliphatic rings. The van der Waals surface area contributed by atoms with Crippen molar-refractivity contribution in [1.29, 1.82) is 0 Å². The third-order valence-corrected chi connectivity index (χ3v) is 4.99. The second-order valence-corrected chi connectivity index (χ2v) is 6.93. The van der Waals surface area contributed by atoms with Gasteiger partial charge in [0.2, 0.25) is 0 Å². The zero-order valence-corrected chi connectivity index (χ0v) is 15.5. The number of nitrogens with zero attached hydrogens (tertiary/aromatic N) is 3. The summed E-state index contributed by atoms with van der Waals surface area (Å²) in [6.07, 6.45) is 9.46. The van der Waals surface area contributed by atoms with Crippen LogP contribution in [-0.2, 0) is 10.5 Å². The van der Waals surface area contributed by atoms with E-state index in [-0.39, 0.29) is 18.6 Å². The molecule has 0 bridgehead atoms. The van der Waals surface area contributed by atoms with Gasteiger partial charge in [-0.05, 0) is 18.9 Å². The first-order valence-electron chi connectivity index (χ1n) is 8.59. The molecule has 0 spiro atoms.